The molecule has 1 aromatic heterocycles. The van der Waals surface area contributed by atoms with Crippen LogP contribution in [0.15, 0.2) is 30.3 Å². The quantitative estimate of drug-likeness (QED) is 0.765. The van der Waals surface area contributed by atoms with Gasteiger partial charge in [0.1, 0.15) is 11.0 Å². The van der Waals surface area contributed by atoms with Crippen molar-refractivity contribution in [3.8, 4) is 0 Å². The number of quaternary nitrogens is 1. The van der Waals surface area contributed by atoms with Gasteiger partial charge in [0.2, 0.25) is 0 Å². The zero-order chi connectivity index (χ0) is 18.5. The molecule has 6 heteroatoms. The van der Waals surface area contributed by atoms with Crippen molar-refractivity contribution in [2.24, 2.45) is 0 Å². The van der Waals surface area contributed by atoms with E-state index in [9.17, 15) is 9.59 Å². The number of anilines is 1. The van der Waals surface area contributed by atoms with Gasteiger partial charge in [-0.2, -0.15) is 0 Å². The van der Waals surface area contributed by atoms with Gasteiger partial charge in [0.25, 0.3) is 5.91 Å². The van der Waals surface area contributed by atoms with E-state index >= 15 is 0 Å². The predicted octanol–water partition coefficient (Wildman–Crippen LogP) is 2.68. The summed E-state index contributed by atoms with van der Waals surface area (Å²) in [6.45, 7) is 2.38. The number of carbonyl (C=O) groups excluding carboxylic acids is 2. The number of methoxy groups -OCH3 is 1. The Hall–Kier alpha value is -2.18. The van der Waals surface area contributed by atoms with Gasteiger partial charge in [0.05, 0.1) is 12.7 Å². The molecule has 1 aliphatic rings. The van der Waals surface area contributed by atoms with Crippen molar-refractivity contribution in [1.82, 2.24) is 0 Å². The second-order valence-electron chi connectivity index (χ2n) is 6.59. The lowest BCUT2D eigenvalue weighted by molar-refractivity contribution is -0.682. The zero-order valence-corrected chi connectivity index (χ0v) is 16.0. The number of hydrogen-bond acceptors (Lipinski definition) is 4. The smallest absolute Gasteiger partial charge is 0.341 e. The Balaban J connectivity index is 1.67. The van der Waals surface area contributed by atoms with Gasteiger partial charge in [-0.25, -0.2) is 4.79 Å². The van der Waals surface area contributed by atoms with Crippen molar-refractivity contribution in [2.75, 3.05) is 19.0 Å². The van der Waals surface area contributed by atoms with Crippen LogP contribution in [0.25, 0.3) is 0 Å². The molecule has 1 heterocycles. The van der Waals surface area contributed by atoms with Crippen LogP contribution in [0.1, 0.15) is 52.2 Å². The number of nitrogens with two attached hydrogens (primary N) is 1. The average molecular weight is 373 g/mol. The van der Waals surface area contributed by atoms with Crippen molar-refractivity contribution >= 4 is 28.2 Å². The third-order valence-corrected chi connectivity index (χ3v) is 6.00. The molecule has 0 bridgehead atoms. The van der Waals surface area contributed by atoms with Gasteiger partial charge in [0.15, 0.2) is 6.54 Å². The molecule has 5 nitrogen and oxygen atoms in total. The summed E-state index contributed by atoms with van der Waals surface area (Å²) in [6.07, 6.45) is 4.05. The highest BCUT2D eigenvalue weighted by Gasteiger charge is 2.27. The number of carbonyl (C=O) groups is 2. The number of ether oxygens (including phenoxy) is 1. The highest BCUT2D eigenvalue weighted by molar-refractivity contribution is 7.17. The minimum Gasteiger partial charge on any atom is -0.465 e. The van der Waals surface area contributed by atoms with E-state index in [2.05, 4.69) is 24.4 Å². The number of esters is 1. The van der Waals surface area contributed by atoms with E-state index in [1.807, 2.05) is 23.5 Å². The van der Waals surface area contributed by atoms with Crippen LogP contribution in [0.5, 0.6) is 0 Å². The highest BCUT2D eigenvalue weighted by atomic mass is 32.1. The molecule has 1 amide bonds. The lowest BCUT2D eigenvalue weighted by Gasteiger charge is -2.12. The highest BCUT2D eigenvalue weighted by Crippen LogP contribution is 2.38. The first-order valence-corrected chi connectivity index (χ1v) is 9.82. The van der Waals surface area contributed by atoms with Gasteiger partial charge in [-0.3, -0.25) is 4.79 Å². The van der Waals surface area contributed by atoms with Gasteiger partial charge in [-0.05, 0) is 38.2 Å². The molecule has 0 saturated carbocycles. The van der Waals surface area contributed by atoms with Crippen molar-refractivity contribution in [1.29, 1.82) is 0 Å². The summed E-state index contributed by atoms with van der Waals surface area (Å²) in [4.78, 5) is 25.9. The van der Waals surface area contributed by atoms with Crippen LogP contribution in [0.4, 0.5) is 5.00 Å². The molecule has 3 rings (SSSR count). The number of amides is 1. The number of fused-ring (bicyclic) bond motifs is 1. The van der Waals surface area contributed by atoms with Gasteiger partial charge in [0, 0.05) is 10.4 Å². The van der Waals surface area contributed by atoms with E-state index in [-0.39, 0.29) is 17.9 Å². The summed E-state index contributed by atoms with van der Waals surface area (Å²) in [7, 11) is 1.39. The second-order valence-corrected chi connectivity index (χ2v) is 7.70. The first-order valence-electron chi connectivity index (χ1n) is 9.01. The molecule has 1 atom stereocenters. The monoisotopic (exact) mass is 373 g/mol. The molecule has 1 aliphatic carbocycles. The topological polar surface area (TPSA) is 72.0 Å². The molecule has 1 aromatic carbocycles. The van der Waals surface area contributed by atoms with Gasteiger partial charge in [-0.15, -0.1) is 11.3 Å². The molecule has 2 aromatic rings. The third-order valence-electron chi connectivity index (χ3n) is 4.80. The summed E-state index contributed by atoms with van der Waals surface area (Å²) in [6, 6.07) is 10.3. The molecule has 0 radical (unpaired) electrons. The molecule has 0 unspecified atom stereocenters. The van der Waals surface area contributed by atoms with Crippen molar-refractivity contribution in [2.45, 2.75) is 38.6 Å². The lowest BCUT2D eigenvalue weighted by Crippen LogP contribution is -2.86. The van der Waals surface area contributed by atoms with E-state index in [1.54, 1.807) is 0 Å². The molecule has 0 aliphatic heterocycles. The molecular weight excluding hydrogens is 348 g/mol. The standard InChI is InChI=1S/C20H24N2O3S/c1-13(14-8-4-3-5-9-14)21-12-17(23)22-19-18(20(24)25-2)15-10-6-7-11-16(15)26-19/h3-5,8-9,13,21H,6-7,10-12H2,1-2H3,(H,22,23)/p+1/t13-/m1/s1. The molecule has 0 fully saturated rings. The Morgan fingerprint density at radius 1 is 1.23 bits per heavy atom. The van der Waals surface area contributed by atoms with Crippen LogP contribution in [-0.2, 0) is 22.4 Å². The first kappa shape index (κ1) is 18.6. The summed E-state index contributed by atoms with van der Waals surface area (Å²) in [5, 5.41) is 5.57. The fourth-order valence-electron chi connectivity index (χ4n) is 3.33. The number of thiophene rings is 1. The van der Waals surface area contributed by atoms with E-state index in [0.717, 1.165) is 31.2 Å². The van der Waals surface area contributed by atoms with Gasteiger partial charge >= 0.3 is 5.97 Å². The van der Waals surface area contributed by atoms with E-state index < -0.39 is 0 Å². The third kappa shape index (κ3) is 4.14. The van der Waals surface area contributed by atoms with E-state index in [4.69, 9.17) is 4.74 Å². The van der Waals surface area contributed by atoms with E-state index in [1.165, 1.54) is 28.9 Å². The summed E-state index contributed by atoms with van der Waals surface area (Å²) < 4.78 is 4.95. The molecule has 0 saturated heterocycles. The summed E-state index contributed by atoms with van der Waals surface area (Å²) in [5.74, 6) is -0.460. The molecular formula is C20H25N2O3S+. The SMILES string of the molecule is COC(=O)c1c(NC(=O)C[NH2+][C@H](C)c2ccccc2)sc2c1CCCC2. The zero-order valence-electron chi connectivity index (χ0n) is 15.2. The van der Waals surface area contributed by atoms with Crippen LogP contribution in [0.2, 0.25) is 0 Å². The van der Waals surface area contributed by atoms with Crippen LogP contribution in [0.3, 0.4) is 0 Å². The Kier molecular flexibility index (Phi) is 6.06. The fourth-order valence-corrected chi connectivity index (χ4v) is 4.62. The van der Waals surface area contributed by atoms with E-state index in [0.29, 0.717) is 17.1 Å². The van der Waals surface area contributed by atoms with Gasteiger partial charge in [-0.1, -0.05) is 30.3 Å². The molecule has 0 spiro atoms. The van der Waals surface area contributed by atoms with Crippen LogP contribution in [-0.4, -0.2) is 25.5 Å². The fraction of sp³-hybridized carbons (Fsp3) is 0.400. The summed E-state index contributed by atoms with van der Waals surface area (Å²) >= 11 is 1.52. The van der Waals surface area contributed by atoms with Crippen molar-refractivity contribution in [3.05, 3.63) is 51.9 Å². The number of rotatable bonds is 6. The molecule has 26 heavy (non-hydrogen) atoms. The minimum absolute atomic E-state index is 0.100. The molecule has 138 valence electrons. The largest absolute Gasteiger partial charge is 0.465 e. The Labute approximate surface area is 157 Å². The maximum Gasteiger partial charge on any atom is 0.341 e. The number of aryl methyl sites for hydroxylation is 1. The Morgan fingerprint density at radius 2 is 1.96 bits per heavy atom. The van der Waals surface area contributed by atoms with Crippen molar-refractivity contribution in [3.63, 3.8) is 0 Å². The first-order chi connectivity index (χ1) is 12.6. The number of nitrogens with one attached hydrogen (secondary N) is 1. The predicted molar refractivity (Wildman–Crippen MR) is 103 cm³/mol. The number of hydrogen-bond donors (Lipinski definition) is 2. The number of benzene rings is 1. The Bertz CT molecular complexity index is 786. The van der Waals surface area contributed by atoms with Crippen LogP contribution in [0, 0.1) is 0 Å². The summed E-state index contributed by atoms with van der Waals surface area (Å²) in [5.41, 5.74) is 2.80. The average Bonchev–Trinajstić information content (AvgIpc) is 3.03. The van der Waals surface area contributed by atoms with Gasteiger partial charge < -0.3 is 15.4 Å². The Morgan fingerprint density at radius 3 is 2.69 bits per heavy atom. The minimum atomic E-state index is -0.360. The molecule has 3 N–H and O–H groups in total. The normalized spacial score (nSPS) is 14.4. The second kappa shape index (κ2) is 8.47. The maximum atomic E-state index is 12.4. The van der Waals surface area contributed by atoms with Crippen LogP contribution >= 0.6 is 11.3 Å². The lowest BCUT2D eigenvalue weighted by atomic mass is 9.95. The maximum absolute atomic E-state index is 12.4. The van der Waals surface area contributed by atoms with Crippen molar-refractivity contribution < 1.29 is 19.6 Å². The van der Waals surface area contributed by atoms with Crippen LogP contribution < -0.4 is 10.6 Å².